The summed E-state index contributed by atoms with van der Waals surface area (Å²) >= 11 is 1.29. The summed E-state index contributed by atoms with van der Waals surface area (Å²) in [6.07, 6.45) is 16.8. The number of rotatable bonds is 20. The van der Waals surface area contributed by atoms with Crippen LogP contribution < -0.4 is 0 Å². The van der Waals surface area contributed by atoms with E-state index in [4.69, 9.17) is 5.11 Å². The van der Waals surface area contributed by atoms with Crippen molar-refractivity contribution in [2.75, 3.05) is 0 Å². The van der Waals surface area contributed by atoms with E-state index in [0.29, 0.717) is 10.9 Å². The Balaban J connectivity index is 2.66. The van der Waals surface area contributed by atoms with E-state index < -0.39 is 23.3 Å². The van der Waals surface area contributed by atoms with E-state index in [0.717, 1.165) is 12.8 Å². The predicted octanol–water partition coefficient (Wildman–Crippen LogP) is 6.80. The summed E-state index contributed by atoms with van der Waals surface area (Å²) in [6.45, 7) is 6.03. The Bertz CT molecular complexity index is 791. The number of carboxylic acids is 2. The van der Waals surface area contributed by atoms with Crippen LogP contribution in [0.2, 0.25) is 0 Å². The largest absolute Gasteiger partial charge is 0.481 e. The van der Waals surface area contributed by atoms with Crippen molar-refractivity contribution in [2.24, 2.45) is 7.05 Å². The molecule has 0 aliphatic heterocycles. The number of allylic oxidation sites excluding steroid dienone is 1. The van der Waals surface area contributed by atoms with E-state index >= 15 is 0 Å². The average molecular weight is 511 g/mol. The van der Waals surface area contributed by atoms with Gasteiger partial charge in [-0.25, -0.2) is 9.78 Å². The van der Waals surface area contributed by atoms with Crippen molar-refractivity contribution in [2.45, 2.75) is 127 Å². The normalized spacial score (nSPS) is 13.5. The van der Waals surface area contributed by atoms with Gasteiger partial charge in [0.15, 0.2) is 10.9 Å². The molecule has 1 aromatic heterocycles. The molecule has 0 aromatic carbocycles. The number of hydrogen-bond donors (Lipinski definition) is 3. The van der Waals surface area contributed by atoms with Gasteiger partial charge in [-0.3, -0.25) is 4.79 Å². The molecular weight excluding hydrogens is 464 g/mol. The SMILES string of the molecule is CCCCCCCCCCCCC=CC(Sc1nc(C(C)C)c(C(=O)O)n1C)C(O)CCC(=O)O. The number of aliphatic hydroxyl groups is 1. The van der Waals surface area contributed by atoms with Crippen LogP contribution in [0.3, 0.4) is 0 Å². The predicted molar refractivity (Wildman–Crippen MR) is 142 cm³/mol. The first-order valence-electron chi connectivity index (χ1n) is 13.2. The average Bonchev–Trinajstić information content (AvgIpc) is 3.13. The van der Waals surface area contributed by atoms with Crippen LogP contribution in [0.15, 0.2) is 17.3 Å². The van der Waals surface area contributed by atoms with Crippen molar-refractivity contribution in [3.63, 3.8) is 0 Å². The summed E-state index contributed by atoms with van der Waals surface area (Å²) in [4.78, 5) is 27.3. The fourth-order valence-corrected chi connectivity index (χ4v) is 5.17. The second kappa shape index (κ2) is 17.6. The Hall–Kier alpha value is -1.80. The Morgan fingerprint density at radius 3 is 2.06 bits per heavy atom. The van der Waals surface area contributed by atoms with Gasteiger partial charge in [0.2, 0.25) is 0 Å². The third kappa shape index (κ3) is 12.1. The molecule has 0 saturated heterocycles. The van der Waals surface area contributed by atoms with Gasteiger partial charge in [0, 0.05) is 13.5 Å². The lowest BCUT2D eigenvalue weighted by Crippen LogP contribution is -2.23. The van der Waals surface area contributed by atoms with Crippen LogP contribution in [0.4, 0.5) is 0 Å². The number of imidazole rings is 1. The van der Waals surface area contributed by atoms with E-state index in [-0.39, 0.29) is 24.5 Å². The van der Waals surface area contributed by atoms with Gasteiger partial charge in [-0.2, -0.15) is 0 Å². The monoisotopic (exact) mass is 510 g/mol. The second-order valence-electron chi connectivity index (χ2n) is 9.63. The molecule has 1 aromatic rings. The summed E-state index contributed by atoms with van der Waals surface area (Å²) in [7, 11) is 1.67. The van der Waals surface area contributed by atoms with Crippen molar-refractivity contribution >= 4 is 23.7 Å². The van der Waals surface area contributed by atoms with Crippen LogP contribution in [0.25, 0.3) is 0 Å². The van der Waals surface area contributed by atoms with Crippen LogP contribution in [0.5, 0.6) is 0 Å². The summed E-state index contributed by atoms with van der Waals surface area (Å²) in [5, 5.41) is 29.4. The van der Waals surface area contributed by atoms with Crippen molar-refractivity contribution in [3.05, 3.63) is 23.5 Å². The van der Waals surface area contributed by atoms with Crippen LogP contribution in [-0.4, -0.2) is 48.2 Å². The molecule has 0 bridgehead atoms. The van der Waals surface area contributed by atoms with Gasteiger partial charge >= 0.3 is 11.9 Å². The summed E-state index contributed by atoms with van der Waals surface area (Å²) in [5.41, 5.74) is 0.659. The number of hydrogen-bond acceptors (Lipinski definition) is 5. The van der Waals surface area contributed by atoms with Gasteiger partial charge in [-0.05, 0) is 25.2 Å². The summed E-state index contributed by atoms with van der Waals surface area (Å²) < 4.78 is 1.55. The molecule has 0 aliphatic carbocycles. The molecule has 35 heavy (non-hydrogen) atoms. The number of carboxylic acid groups (broad SMARTS) is 2. The lowest BCUT2D eigenvalue weighted by Gasteiger charge is -2.18. The van der Waals surface area contributed by atoms with Crippen molar-refractivity contribution in [1.82, 2.24) is 9.55 Å². The van der Waals surface area contributed by atoms with Gasteiger partial charge in [-0.15, -0.1) is 0 Å². The first-order valence-corrected chi connectivity index (χ1v) is 14.1. The van der Waals surface area contributed by atoms with Gasteiger partial charge < -0.3 is 19.9 Å². The Labute approximate surface area is 215 Å². The number of unbranched alkanes of at least 4 members (excludes halogenated alkanes) is 10. The maximum Gasteiger partial charge on any atom is 0.354 e. The number of aliphatic hydroxyl groups excluding tert-OH is 1. The minimum atomic E-state index is -1.03. The van der Waals surface area contributed by atoms with Crippen LogP contribution in [0.1, 0.15) is 126 Å². The van der Waals surface area contributed by atoms with Gasteiger partial charge in [0.05, 0.1) is 17.0 Å². The van der Waals surface area contributed by atoms with Crippen LogP contribution >= 0.6 is 11.8 Å². The highest BCUT2D eigenvalue weighted by Gasteiger charge is 2.26. The zero-order chi connectivity index (χ0) is 26.2. The molecule has 2 atom stereocenters. The number of thioether (sulfide) groups is 1. The maximum atomic E-state index is 11.8. The fourth-order valence-electron chi connectivity index (χ4n) is 4.04. The fraction of sp³-hybridized carbons (Fsp3) is 0.741. The number of carbonyl (C=O) groups is 2. The molecule has 1 heterocycles. The highest BCUT2D eigenvalue weighted by Crippen LogP contribution is 2.31. The van der Waals surface area contributed by atoms with Crippen LogP contribution in [0, 0.1) is 0 Å². The molecule has 0 radical (unpaired) electrons. The molecular formula is C27H46N2O5S. The summed E-state index contributed by atoms with van der Waals surface area (Å²) in [6, 6.07) is 0. The highest BCUT2D eigenvalue weighted by molar-refractivity contribution is 8.00. The second-order valence-corrected chi connectivity index (χ2v) is 10.8. The van der Waals surface area contributed by atoms with E-state index in [1.165, 1.54) is 69.5 Å². The summed E-state index contributed by atoms with van der Waals surface area (Å²) in [5.74, 6) is -2.03. The van der Waals surface area contributed by atoms with E-state index in [1.54, 1.807) is 11.6 Å². The maximum absolute atomic E-state index is 11.8. The first-order chi connectivity index (χ1) is 16.7. The molecule has 7 nitrogen and oxygen atoms in total. The lowest BCUT2D eigenvalue weighted by atomic mass is 10.1. The minimum Gasteiger partial charge on any atom is -0.481 e. The molecule has 2 unspecified atom stereocenters. The van der Waals surface area contributed by atoms with Crippen molar-refractivity contribution in [3.8, 4) is 0 Å². The molecule has 0 aliphatic rings. The molecule has 0 fully saturated rings. The minimum absolute atomic E-state index is 0.0519. The molecule has 200 valence electrons. The van der Waals surface area contributed by atoms with E-state index in [2.05, 4.69) is 18.0 Å². The third-order valence-corrected chi connectivity index (χ3v) is 7.47. The van der Waals surface area contributed by atoms with Crippen molar-refractivity contribution < 1.29 is 24.9 Å². The Morgan fingerprint density at radius 2 is 1.57 bits per heavy atom. The van der Waals surface area contributed by atoms with Crippen LogP contribution in [-0.2, 0) is 11.8 Å². The van der Waals surface area contributed by atoms with E-state index in [9.17, 15) is 19.8 Å². The molecule has 3 N–H and O–H groups in total. The Kier molecular flexibility index (Phi) is 15.7. The molecule has 0 amide bonds. The van der Waals surface area contributed by atoms with Gasteiger partial charge in [0.25, 0.3) is 0 Å². The standard InChI is InChI=1S/C27H46N2O5S/c1-5-6-7-8-9-10-11-12-13-14-15-16-17-22(21(30)18-19-23(31)32)35-27-28-24(20(2)3)25(26(33)34)29(27)4/h16-17,20-22,30H,5-15,18-19H2,1-4H3,(H,31,32)(H,33,34). The lowest BCUT2D eigenvalue weighted by molar-refractivity contribution is -0.137. The highest BCUT2D eigenvalue weighted by atomic mass is 32.2. The molecule has 8 heteroatoms. The smallest absolute Gasteiger partial charge is 0.354 e. The molecule has 0 saturated carbocycles. The number of aromatic nitrogens is 2. The van der Waals surface area contributed by atoms with Crippen molar-refractivity contribution in [1.29, 1.82) is 0 Å². The number of aromatic carboxylic acids is 1. The first kappa shape index (κ1) is 31.2. The van der Waals surface area contributed by atoms with Gasteiger partial charge in [-0.1, -0.05) is 102 Å². The molecule has 1 rings (SSSR count). The molecule has 0 spiro atoms. The zero-order valence-corrected chi connectivity index (χ0v) is 22.9. The number of aliphatic carboxylic acids is 1. The topological polar surface area (TPSA) is 113 Å². The quantitative estimate of drug-likeness (QED) is 0.100. The van der Waals surface area contributed by atoms with Gasteiger partial charge in [0.1, 0.15) is 0 Å². The third-order valence-electron chi connectivity index (χ3n) is 6.16. The zero-order valence-electron chi connectivity index (χ0n) is 22.0. The Morgan fingerprint density at radius 1 is 1.00 bits per heavy atom. The van der Waals surface area contributed by atoms with E-state index in [1.807, 2.05) is 19.9 Å². The number of nitrogens with zero attached hydrogens (tertiary/aromatic N) is 2.